The van der Waals surface area contributed by atoms with Crippen LogP contribution in [0.4, 0.5) is 0 Å². The highest BCUT2D eigenvalue weighted by Crippen LogP contribution is 2.24. The van der Waals surface area contributed by atoms with Gasteiger partial charge in [-0.2, -0.15) is 5.10 Å². The second-order valence-corrected chi connectivity index (χ2v) is 8.16. The smallest absolute Gasteiger partial charge is 0.360 e. The summed E-state index contributed by atoms with van der Waals surface area (Å²) in [4.78, 5) is 40.3. The Bertz CT molecular complexity index is 972. The maximum absolute atomic E-state index is 13.0. The third-order valence-electron chi connectivity index (χ3n) is 5.59. The number of fused-ring (bicyclic) bond motifs is 1. The number of carbonyl (C=O) groups excluding carboxylic acids is 2. The van der Waals surface area contributed by atoms with Gasteiger partial charge in [-0.3, -0.25) is 9.59 Å². The minimum atomic E-state index is -0.925. The van der Waals surface area contributed by atoms with Gasteiger partial charge in [0.15, 0.2) is 11.8 Å². The van der Waals surface area contributed by atoms with E-state index < -0.39 is 12.1 Å². The van der Waals surface area contributed by atoms with Crippen LogP contribution >= 0.6 is 0 Å². The van der Waals surface area contributed by atoms with E-state index in [-0.39, 0.29) is 35.3 Å². The number of benzene rings is 1. The Kier molecular flexibility index (Phi) is 6.05. The average molecular weight is 399 g/mol. The molecule has 29 heavy (non-hydrogen) atoms. The van der Waals surface area contributed by atoms with Gasteiger partial charge in [0.2, 0.25) is 0 Å². The van der Waals surface area contributed by atoms with Crippen LogP contribution in [0.2, 0.25) is 0 Å². The van der Waals surface area contributed by atoms with Gasteiger partial charge in [0.25, 0.3) is 11.5 Å². The summed E-state index contributed by atoms with van der Waals surface area (Å²) in [5, 5.41) is 5.09. The Morgan fingerprint density at radius 1 is 1.07 bits per heavy atom. The lowest BCUT2D eigenvalue weighted by atomic mass is 9.97. The molecule has 1 fully saturated rings. The largest absolute Gasteiger partial charge is 0.448 e. The van der Waals surface area contributed by atoms with Crippen LogP contribution in [0.3, 0.4) is 0 Å². The van der Waals surface area contributed by atoms with Gasteiger partial charge < -0.3 is 9.64 Å². The van der Waals surface area contributed by atoms with Crippen molar-refractivity contribution in [3.8, 4) is 0 Å². The molecule has 3 atom stereocenters. The van der Waals surface area contributed by atoms with Crippen molar-refractivity contribution in [2.24, 2.45) is 0 Å². The van der Waals surface area contributed by atoms with Gasteiger partial charge in [0, 0.05) is 17.5 Å². The summed E-state index contributed by atoms with van der Waals surface area (Å²) < 4.78 is 6.80. The maximum Gasteiger partial charge on any atom is 0.360 e. The number of piperidine rings is 1. The molecule has 1 aromatic carbocycles. The van der Waals surface area contributed by atoms with E-state index in [9.17, 15) is 14.4 Å². The molecular weight excluding hydrogens is 370 g/mol. The standard InChI is InChI=1S/C22H29N3O4/c1-13(2)25-21(27)18-12-7-6-11-17(18)19(23-25)22(28)29-16(5)20(26)24-14(3)9-8-10-15(24)4/h6-7,11-16H,8-10H2,1-5H3/t14-,15+,16-/m1/s1. The van der Waals surface area contributed by atoms with E-state index in [0.717, 1.165) is 19.3 Å². The lowest BCUT2D eigenvalue weighted by Gasteiger charge is -2.40. The fraction of sp³-hybridized carbons (Fsp3) is 0.545. The van der Waals surface area contributed by atoms with Gasteiger partial charge in [-0.15, -0.1) is 0 Å². The Morgan fingerprint density at radius 2 is 1.66 bits per heavy atom. The molecule has 1 aromatic heterocycles. The van der Waals surface area contributed by atoms with Crippen molar-refractivity contribution in [1.29, 1.82) is 0 Å². The number of aromatic nitrogens is 2. The zero-order valence-electron chi connectivity index (χ0n) is 17.7. The van der Waals surface area contributed by atoms with Gasteiger partial charge in [-0.25, -0.2) is 9.48 Å². The van der Waals surface area contributed by atoms with Crippen molar-refractivity contribution in [3.63, 3.8) is 0 Å². The molecular formula is C22H29N3O4. The summed E-state index contributed by atoms with van der Waals surface area (Å²) in [5.74, 6) is -0.895. The molecule has 0 aliphatic carbocycles. The molecule has 2 aromatic rings. The van der Waals surface area contributed by atoms with Crippen LogP contribution in [0.5, 0.6) is 0 Å². The third-order valence-corrected chi connectivity index (χ3v) is 5.59. The molecule has 1 aliphatic heterocycles. The molecule has 7 heteroatoms. The molecule has 0 radical (unpaired) electrons. The summed E-state index contributed by atoms with van der Waals surface area (Å²) in [6.07, 6.45) is 2.06. The summed E-state index contributed by atoms with van der Waals surface area (Å²) in [5.41, 5.74) is -0.208. The quantitative estimate of drug-likeness (QED) is 0.737. The molecule has 1 aliphatic rings. The van der Waals surface area contributed by atoms with Crippen LogP contribution in [0.1, 0.15) is 70.4 Å². The Hall–Kier alpha value is -2.70. The minimum Gasteiger partial charge on any atom is -0.448 e. The predicted molar refractivity (Wildman–Crippen MR) is 111 cm³/mol. The normalized spacial score (nSPS) is 20.7. The van der Waals surface area contributed by atoms with Crippen molar-refractivity contribution < 1.29 is 14.3 Å². The van der Waals surface area contributed by atoms with Crippen molar-refractivity contribution >= 4 is 22.6 Å². The molecule has 1 amide bonds. The van der Waals surface area contributed by atoms with E-state index in [1.807, 2.05) is 32.6 Å². The highest BCUT2D eigenvalue weighted by atomic mass is 16.5. The highest BCUT2D eigenvalue weighted by molar-refractivity contribution is 6.02. The van der Waals surface area contributed by atoms with Crippen LogP contribution in [0, 0.1) is 0 Å². The van der Waals surface area contributed by atoms with E-state index >= 15 is 0 Å². The van der Waals surface area contributed by atoms with Gasteiger partial charge in [0.05, 0.1) is 11.4 Å². The second-order valence-electron chi connectivity index (χ2n) is 8.16. The fourth-order valence-corrected chi connectivity index (χ4v) is 4.04. The second kappa shape index (κ2) is 8.35. The lowest BCUT2D eigenvalue weighted by molar-refractivity contribution is -0.146. The van der Waals surface area contributed by atoms with Gasteiger partial charge >= 0.3 is 5.97 Å². The molecule has 0 N–H and O–H groups in total. The fourth-order valence-electron chi connectivity index (χ4n) is 4.04. The van der Waals surface area contributed by atoms with E-state index in [2.05, 4.69) is 5.10 Å². The number of hydrogen-bond acceptors (Lipinski definition) is 5. The molecule has 0 spiro atoms. The Labute approximate surface area is 170 Å². The topological polar surface area (TPSA) is 81.5 Å². The number of hydrogen-bond donors (Lipinski definition) is 0. The molecule has 2 heterocycles. The van der Waals surface area contributed by atoms with Crippen LogP contribution in [0.15, 0.2) is 29.1 Å². The first-order chi connectivity index (χ1) is 13.7. The molecule has 0 unspecified atom stereocenters. The van der Waals surface area contributed by atoms with Gasteiger partial charge in [-0.05, 0) is 59.9 Å². The SMILES string of the molecule is CC(C)n1nc(C(=O)O[C@H](C)C(=O)N2[C@H](C)CCC[C@@H]2C)c2ccccc2c1=O. The molecule has 3 rings (SSSR count). The summed E-state index contributed by atoms with van der Waals surface area (Å²) in [6, 6.07) is 6.85. The van der Waals surface area contributed by atoms with E-state index in [1.54, 1.807) is 31.2 Å². The molecule has 0 bridgehead atoms. The van der Waals surface area contributed by atoms with Gasteiger partial charge in [0.1, 0.15) is 0 Å². The third kappa shape index (κ3) is 4.04. The van der Waals surface area contributed by atoms with Crippen molar-refractivity contribution in [2.45, 2.75) is 78.1 Å². The van der Waals surface area contributed by atoms with Crippen LogP contribution < -0.4 is 5.56 Å². The molecule has 7 nitrogen and oxygen atoms in total. The number of ether oxygens (including phenoxy) is 1. The first-order valence-electron chi connectivity index (χ1n) is 10.3. The molecule has 1 saturated heterocycles. The zero-order valence-corrected chi connectivity index (χ0v) is 17.7. The molecule has 0 saturated carbocycles. The monoisotopic (exact) mass is 399 g/mol. The number of carbonyl (C=O) groups is 2. The number of nitrogens with zero attached hydrogens (tertiary/aromatic N) is 3. The zero-order chi connectivity index (χ0) is 21.3. The lowest BCUT2D eigenvalue weighted by Crippen LogP contribution is -2.51. The number of rotatable bonds is 4. The van der Waals surface area contributed by atoms with Crippen LogP contribution in [0.25, 0.3) is 10.8 Å². The molecule has 156 valence electrons. The Balaban J connectivity index is 1.91. The first-order valence-corrected chi connectivity index (χ1v) is 10.3. The van der Waals surface area contributed by atoms with E-state index in [0.29, 0.717) is 10.8 Å². The van der Waals surface area contributed by atoms with E-state index in [1.165, 1.54) is 4.68 Å². The first kappa shape index (κ1) is 21.0. The van der Waals surface area contributed by atoms with Crippen LogP contribution in [-0.2, 0) is 9.53 Å². The Morgan fingerprint density at radius 3 is 2.24 bits per heavy atom. The van der Waals surface area contributed by atoms with Crippen LogP contribution in [-0.4, -0.2) is 44.7 Å². The number of likely N-dealkylation sites (tertiary alicyclic amines) is 1. The average Bonchev–Trinajstić information content (AvgIpc) is 2.67. The van der Waals surface area contributed by atoms with Crippen molar-refractivity contribution in [3.05, 3.63) is 40.3 Å². The van der Waals surface area contributed by atoms with Gasteiger partial charge in [-0.1, -0.05) is 18.2 Å². The number of esters is 1. The summed E-state index contributed by atoms with van der Waals surface area (Å²) in [7, 11) is 0. The summed E-state index contributed by atoms with van der Waals surface area (Å²) >= 11 is 0. The minimum absolute atomic E-state index is 0.0493. The summed E-state index contributed by atoms with van der Waals surface area (Å²) in [6.45, 7) is 9.29. The number of amides is 1. The predicted octanol–water partition coefficient (Wildman–Crippen LogP) is 3.31. The maximum atomic E-state index is 13.0. The highest BCUT2D eigenvalue weighted by Gasteiger charge is 2.34. The van der Waals surface area contributed by atoms with Crippen molar-refractivity contribution in [2.75, 3.05) is 0 Å². The van der Waals surface area contributed by atoms with E-state index in [4.69, 9.17) is 4.74 Å². The van der Waals surface area contributed by atoms with Crippen molar-refractivity contribution in [1.82, 2.24) is 14.7 Å².